The van der Waals surface area contributed by atoms with E-state index in [1.165, 1.54) is 19.1 Å². The van der Waals surface area contributed by atoms with Gasteiger partial charge in [0.25, 0.3) is 5.91 Å². The maximum atomic E-state index is 13.8. The number of carbonyl (C=O) groups excluding carboxylic acids is 2. The van der Waals surface area contributed by atoms with E-state index in [1.54, 1.807) is 13.8 Å². The molecule has 0 spiro atoms. The minimum Gasteiger partial charge on any atom is -0.481 e. The highest BCUT2D eigenvalue weighted by Gasteiger charge is 2.35. The predicted octanol–water partition coefficient (Wildman–Crippen LogP) is 2.40. The van der Waals surface area contributed by atoms with Crippen LogP contribution in [0.3, 0.4) is 0 Å². The van der Waals surface area contributed by atoms with Gasteiger partial charge in [-0.25, -0.2) is 4.39 Å². The molecule has 7 heteroatoms. The summed E-state index contributed by atoms with van der Waals surface area (Å²) in [6.07, 6.45) is 0.682. The normalized spacial score (nSPS) is 11.0. The number of carbonyl (C=O) groups is 3. The molecule has 0 aliphatic heterocycles. The van der Waals surface area contributed by atoms with E-state index in [1.807, 2.05) is 0 Å². The SMILES string of the molecule is CCC(CC)(CNC(=O)c1cc(NC(C)=O)ccc1F)C(=O)O. The highest BCUT2D eigenvalue weighted by Crippen LogP contribution is 2.26. The van der Waals surface area contributed by atoms with Crippen LogP contribution in [0.15, 0.2) is 18.2 Å². The summed E-state index contributed by atoms with van der Waals surface area (Å²) in [6.45, 7) is 4.65. The maximum absolute atomic E-state index is 13.8. The van der Waals surface area contributed by atoms with Crippen molar-refractivity contribution in [3.63, 3.8) is 0 Å². The Labute approximate surface area is 134 Å². The van der Waals surface area contributed by atoms with Crippen molar-refractivity contribution in [2.24, 2.45) is 5.41 Å². The molecule has 0 atom stereocenters. The van der Waals surface area contributed by atoms with Gasteiger partial charge in [0.2, 0.25) is 5.91 Å². The van der Waals surface area contributed by atoms with Crippen molar-refractivity contribution in [3.05, 3.63) is 29.6 Å². The van der Waals surface area contributed by atoms with Crippen molar-refractivity contribution in [2.75, 3.05) is 11.9 Å². The molecule has 126 valence electrons. The Bertz CT molecular complexity index is 612. The van der Waals surface area contributed by atoms with Crippen LogP contribution in [0.1, 0.15) is 44.0 Å². The van der Waals surface area contributed by atoms with Crippen LogP contribution in [-0.2, 0) is 9.59 Å². The number of nitrogens with one attached hydrogen (secondary N) is 2. The first-order valence-electron chi connectivity index (χ1n) is 7.34. The summed E-state index contributed by atoms with van der Waals surface area (Å²) in [5, 5.41) is 14.3. The van der Waals surface area contributed by atoms with Gasteiger partial charge in [0.15, 0.2) is 0 Å². The molecule has 1 rings (SSSR count). The van der Waals surface area contributed by atoms with E-state index < -0.39 is 23.1 Å². The van der Waals surface area contributed by atoms with Crippen molar-refractivity contribution in [1.29, 1.82) is 0 Å². The molecule has 23 heavy (non-hydrogen) atoms. The minimum absolute atomic E-state index is 0.0992. The summed E-state index contributed by atoms with van der Waals surface area (Å²) < 4.78 is 13.8. The lowest BCUT2D eigenvalue weighted by Gasteiger charge is -2.26. The second kappa shape index (κ2) is 7.71. The second-order valence-corrected chi connectivity index (χ2v) is 5.35. The topological polar surface area (TPSA) is 95.5 Å². The average Bonchev–Trinajstić information content (AvgIpc) is 2.49. The van der Waals surface area contributed by atoms with Crippen molar-refractivity contribution in [1.82, 2.24) is 5.32 Å². The Morgan fingerprint density at radius 1 is 1.22 bits per heavy atom. The van der Waals surface area contributed by atoms with E-state index in [0.29, 0.717) is 18.5 Å². The molecule has 0 aliphatic rings. The molecular weight excluding hydrogens is 303 g/mol. The van der Waals surface area contributed by atoms with Crippen molar-refractivity contribution >= 4 is 23.5 Å². The number of hydrogen-bond donors (Lipinski definition) is 3. The lowest BCUT2D eigenvalue weighted by molar-refractivity contribution is -0.149. The smallest absolute Gasteiger partial charge is 0.311 e. The third-order valence-electron chi connectivity index (χ3n) is 3.93. The quantitative estimate of drug-likeness (QED) is 0.717. The molecule has 0 radical (unpaired) electrons. The molecule has 0 aromatic heterocycles. The van der Waals surface area contributed by atoms with Crippen molar-refractivity contribution in [3.8, 4) is 0 Å². The number of anilines is 1. The second-order valence-electron chi connectivity index (χ2n) is 5.35. The van der Waals surface area contributed by atoms with Gasteiger partial charge in [-0.1, -0.05) is 13.8 Å². The van der Waals surface area contributed by atoms with Gasteiger partial charge in [-0.3, -0.25) is 14.4 Å². The van der Waals surface area contributed by atoms with E-state index in [0.717, 1.165) is 6.07 Å². The molecule has 0 saturated carbocycles. The van der Waals surface area contributed by atoms with E-state index >= 15 is 0 Å². The molecule has 0 aliphatic carbocycles. The summed E-state index contributed by atoms with van der Waals surface area (Å²) >= 11 is 0. The average molecular weight is 324 g/mol. The third-order valence-corrected chi connectivity index (χ3v) is 3.93. The van der Waals surface area contributed by atoms with Gasteiger partial charge in [-0.05, 0) is 31.0 Å². The Morgan fingerprint density at radius 2 is 1.83 bits per heavy atom. The highest BCUT2D eigenvalue weighted by molar-refractivity contribution is 5.97. The zero-order chi connectivity index (χ0) is 17.6. The molecule has 6 nitrogen and oxygen atoms in total. The molecule has 0 unspecified atom stereocenters. The number of carboxylic acids is 1. The first-order valence-corrected chi connectivity index (χ1v) is 7.34. The van der Waals surface area contributed by atoms with Crippen LogP contribution in [0, 0.1) is 11.2 Å². The van der Waals surface area contributed by atoms with Gasteiger partial charge in [0, 0.05) is 19.2 Å². The zero-order valence-corrected chi connectivity index (χ0v) is 13.4. The predicted molar refractivity (Wildman–Crippen MR) is 83.7 cm³/mol. The molecule has 0 heterocycles. The molecule has 0 saturated heterocycles. The van der Waals surface area contributed by atoms with Gasteiger partial charge < -0.3 is 15.7 Å². The van der Waals surface area contributed by atoms with E-state index in [2.05, 4.69) is 10.6 Å². The summed E-state index contributed by atoms with van der Waals surface area (Å²) in [5.74, 6) is -2.81. The van der Waals surface area contributed by atoms with E-state index in [9.17, 15) is 23.9 Å². The summed E-state index contributed by atoms with van der Waals surface area (Å²) in [5.41, 5.74) is -1.04. The van der Waals surface area contributed by atoms with Crippen LogP contribution in [0.4, 0.5) is 10.1 Å². The fraction of sp³-hybridized carbons (Fsp3) is 0.438. The Kier molecular flexibility index (Phi) is 6.24. The van der Waals surface area contributed by atoms with Gasteiger partial charge in [0.1, 0.15) is 5.82 Å². The Hall–Kier alpha value is -2.44. The number of hydrogen-bond acceptors (Lipinski definition) is 3. The molecule has 1 aromatic rings. The van der Waals surface area contributed by atoms with Crippen LogP contribution in [-0.4, -0.2) is 29.4 Å². The maximum Gasteiger partial charge on any atom is 0.311 e. The molecule has 0 bridgehead atoms. The van der Waals surface area contributed by atoms with Crippen molar-refractivity contribution < 1.29 is 23.9 Å². The van der Waals surface area contributed by atoms with E-state index in [-0.39, 0.29) is 18.0 Å². The Balaban J connectivity index is 2.93. The first-order chi connectivity index (χ1) is 10.8. The lowest BCUT2D eigenvalue weighted by atomic mass is 9.82. The fourth-order valence-electron chi connectivity index (χ4n) is 2.20. The summed E-state index contributed by atoms with van der Waals surface area (Å²) in [7, 11) is 0. The molecule has 2 amide bonds. The summed E-state index contributed by atoms with van der Waals surface area (Å²) in [6, 6.07) is 3.63. The third kappa shape index (κ3) is 4.51. The van der Waals surface area contributed by atoms with Crippen LogP contribution < -0.4 is 10.6 Å². The molecule has 3 N–H and O–H groups in total. The molecule has 0 fully saturated rings. The van der Waals surface area contributed by atoms with Crippen LogP contribution in [0.2, 0.25) is 0 Å². The van der Waals surface area contributed by atoms with Gasteiger partial charge in [0.05, 0.1) is 11.0 Å². The first kappa shape index (κ1) is 18.6. The number of aliphatic carboxylic acids is 1. The summed E-state index contributed by atoms with van der Waals surface area (Å²) in [4.78, 5) is 34.6. The number of halogens is 1. The molecular formula is C16H21FN2O4. The Morgan fingerprint density at radius 3 is 2.30 bits per heavy atom. The van der Waals surface area contributed by atoms with Crippen LogP contribution in [0.25, 0.3) is 0 Å². The van der Waals surface area contributed by atoms with Crippen LogP contribution >= 0.6 is 0 Å². The van der Waals surface area contributed by atoms with E-state index in [4.69, 9.17) is 0 Å². The zero-order valence-electron chi connectivity index (χ0n) is 13.4. The van der Waals surface area contributed by atoms with Gasteiger partial charge in [-0.2, -0.15) is 0 Å². The van der Waals surface area contributed by atoms with Gasteiger partial charge in [-0.15, -0.1) is 0 Å². The number of carboxylic acid groups (broad SMARTS) is 1. The number of rotatable bonds is 7. The van der Waals surface area contributed by atoms with Crippen molar-refractivity contribution in [2.45, 2.75) is 33.6 Å². The number of amides is 2. The largest absolute Gasteiger partial charge is 0.481 e. The highest BCUT2D eigenvalue weighted by atomic mass is 19.1. The van der Waals surface area contributed by atoms with Gasteiger partial charge >= 0.3 is 5.97 Å². The molecule has 1 aromatic carbocycles. The fourth-order valence-corrected chi connectivity index (χ4v) is 2.20. The number of benzene rings is 1. The standard InChI is InChI=1S/C16H21FN2O4/c1-4-16(5-2,15(22)23)9-18-14(21)12-8-11(19-10(3)20)6-7-13(12)17/h6-8H,4-5,9H2,1-3H3,(H,18,21)(H,19,20)(H,22,23). The lowest BCUT2D eigenvalue weighted by Crippen LogP contribution is -2.42. The minimum atomic E-state index is -1.08. The monoisotopic (exact) mass is 324 g/mol. The van der Waals surface area contributed by atoms with Crippen LogP contribution in [0.5, 0.6) is 0 Å².